The van der Waals surface area contributed by atoms with Gasteiger partial charge in [0.25, 0.3) is 0 Å². The molecule has 0 saturated carbocycles. The number of rotatable bonds is 0. The van der Waals surface area contributed by atoms with Crippen molar-refractivity contribution in [3.05, 3.63) is 24.5 Å². The first-order chi connectivity index (χ1) is 6.95. The third-order valence-corrected chi connectivity index (χ3v) is 2.11. The highest BCUT2D eigenvalue weighted by Gasteiger charge is 2.11. The predicted octanol–water partition coefficient (Wildman–Crippen LogP) is 1.72. The summed E-state index contributed by atoms with van der Waals surface area (Å²) in [7, 11) is 0. The number of aliphatic imine (C=N–C) groups is 1. The van der Waals surface area contributed by atoms with E-state index in [0.717, 1.165) is 16.8 Å². The number of fused-ring (bicyclic) bond motifs is 3. The highest BCUT2D eigenvalue weighted by atomic mass is 16.5. The van der Waals surface area contributed by atoms with E-state index in [-0.39, 0.29) is 0 Å². The van der Waals surface area contributed by atoms with Gasteiger partial charge in [-0.25, -0.2) is 9.97 Å². The van der Waals surface area contributed by atoms with Crippen LogP contribution in [-0.4, -0.2) is 22.8 Å². The lowest BCUT2D eigenvalue weighted by atomic mass is 10.2. The van der Waals surface area contributed by atoms with Crippen LogP contribution in [0.3, 0.4) is 0 Å². The summed E-state index contributed by atoms with van der Waals surface area (Å²) in [6, 6.07) is 3.81. The molecule has 4 heteroatoms. The summed E-state index contributed by atoms with van der Waals surface area (Å²) in [5.41, 5.74) is 1.53. The Morgan fingerprint density at radius 1 is 1.29 bits per heavy atom. The molecule has 14 heavy (non-hydrogen) atoms. The molecule has 0 amide bonds. The standard InChI is InChI=1S/C10H7N3O/c1-2-7-9-8(14-5-4-11-9)6-13-10(7)12-3-1/h1-4,6H,5H2. The molecule has 0 N–H and O–H groups in total. The van der Waals surface area contributed by atoms with Gasteiger partial charge < -0.3 is 4.74 Å². The second-order valence-electron chi connectivity index (χ2n) is 2.97. The number of pyridine rings is 2. The maximum atomic E-state index is 5.39. The zero-order valence-corrected chi connectivity index (χ0v) is 7.34. The van der Waals surface area contributed by atoms with Crippen molar-refractivity contribution in [2.24, 2.45) is 4.99 Å². The van der Waals surface area contributed by atoms with Crippen molar-refractivity contribution in [1.29, 1.82) is 0 Å². The number of hydrogen-bond acceptors (Lipinski definition) is 4. The Bertz CT molecular complexity index is 522. The van der Waals surface area contributed by atoms with Crippen molar-refractivity contribution >= 4 is 22.9 Å². The Morgan fingerprint density at radius 2 is 2.29 bits per heavy atom. The zero-order valence-electron chi connectivity index (χ0n) is 7.34. The van der Waals surface area contributed by atoms with E-state index >= 15 is 0 Å². The molecule has 0 fully saturated rings. The molecule has 0 aromatic carbocycles. The molecule has 0 saturated heterocycles. The van der Waals surface area contributed by atoms with Gasteiger partial charge in [0, 0.05) is 17.8 Å². The fourth-order valence-electron chi connectivity index (χ4n) is 1.49. The summed E-state index contributed by atoms with van der Waals surface area (Å²) in [4.78, 5) is 12.6. The van der Waals surface area contributed by atoms with E-state index in [0.29, 0.717) is 12.3 Å². The first-order valence-corrected chi connectivity index (χ1v) is 4.34. The fraction of sp³-hybridized carbons (Fsp3) is 0.100. The van der Waals surface area contributed by atoms with Gasteiger partial charge in [0.2, 0.25) is 0 Å². The summed E-state index contributed by atoms with van der Waals surface area (Å²) in [6.45, 7) is 0.514. The molecule has 0 unspecified atom stereocenters. The molecule has 3 rings (SSSR count). The van der Waals surface area contributed by atoms with Crippen LogP contribution < -0.4 is 4.74 Å². The fourth-order valence-corrected chi connectivity index (χ4v) is 1.49. The molecule has 2 aromatic rings. The van der Waals surface area contributed by atoms with Crippen LogP contribution in [0.4, 0.5) is 5.69 Å². The molecule has 68 valence electrons. The summed E-state index contributed by atoms with van der Waals surface area (Å²) in [5, 5.41) is 0.931. The van der Waals surface area contributed by atoms with E-state index < -0.39 is 0 Å². The van der Waals surface area contributed by atoms with Crippen LogP contribution >= 0.6 is 0 Å². The topological polar surface area (TPSA) is 47.4 Å². The van der Waals surface area contributed by atoms with E-state index in [1.807, 2.05) is 12.1 Å². The van der Waals surface area contributed by atoms with E-state index in [9.17, 15) is 0 Å². The maximum Gasteiger partial charge on any atom is 0.164 e. The highest BCUT2D eigenvalue weighted by molar-refractivity contribution is 5.92. The van der Waals surface area contributed by atoms with Gasteiger partial charge in [0.05, 0.1) is 6.20 Å². The Balaban J connectivity index is 2.42. The minimum absolute atomic E-state index is 0.514. The molecule has 0 aliphatic carbocycles. The second kappa shape index (κ2) is 2.77. The lowest BCUT2D eigenvalue weighted by molar-refractivity contribution is 0.376. The molecule has 0 spiro atoms. The van der Waals surface area contributed by atoms with Crippen molar-refractivity contribution in [1.82, 2.24) is 9.97 Å². The van der Waals surface area contributed by atoms with Crippen LogP contribution in [0.15, 0.2) is 29.5 Å². The smallest absolute Gasteiger partial charge is 0.164 e. The van der Waals surface area contributed by atoms with Gasteiger partial charge >= 0.3 is 0 Å². The van der Waals surface area contributed by atoms with Gasteiger partial charge in [-0.2, -0.15) is 0 Å². The largest absolute Gasteiger partial charge is 0.484 e. The molecule has 0 bridgehead atoms. The van der Waals surface area contributed by atoms with Crippen molar-refractivity contribution < 1.29 is 4.74 Å². The summed E-state index contributed by atoms with van der Waals surface area (Å²) < 4.78 is 5.39. The second-order valence-corrected chi connectivity index (χ2v) is 2.97. The zero-order chi connectivity index (χ0) is 9.38. The van der Waals surface area contributed by atoms with Crippen LogP contribution in [0.1, 0.15) is 0 Å². The van der Waals surface area contributed by atoms with Crippen LogP contribution in [-0.2, 0) is 0 Å². The van der Waals surface area contributed by atoms with Crippen LogP contribution in [0, 0.1) is 0 Å². The van der Waals surface area contributed by atoms with Crippen molar-refractivity contribution in [2.45, 2.75) is 0 Å². The van der Waals surface area contributed by atoms with Crippen LogP contribution in [0.2, 0.25) is 0 Å². The maximum absolute atomic E-state index is 5.39. The van der Waals surface area contributed by atoms with Gasteiger partial charge in [0.15, 0.2) is 11.4 Å². The van der Waals surface area contributed by atoms with Gasteiger partial charge in [-0.1, -0.05) is 0 Å². The number of nitrogens with zero attached hydrogens (tertiary/aromatic N) is 3. The molecule has 0 atom stereocenters. The normalized spacial score (nSPS) is 13.7. The minimum atomic E-state index is 0.514. The van der Waals surface area contributed by atoms with E-state index in [2.05, 4.69) is 15.0 Å². The van der Waals surface area contributed by atoms with Crippen molar-refractivity contribution in [2.75, 3.05) is 6.61 Å². The summed E-state index contributed by atoms with van der Waals surface area (Å²) >= 11 is 0. The SMILES string of the molecule is C1=Nc2c(cnc3ncccc23)OC1. The molecule has 2 aromatic heterocycles. The van der Waals surface area contributed by atoms with Gasteiger partial charge in [-0.3, -0.25) is 4.99 Å². The van der Waals surface area contributed by atoms with E-state index in [4.69, 9.17) is 4.74 Å². The lowest BCUT2D eigenvalue weighted by Crippen LogP contribution is -2.03. The van der Waals surface area contributed by atoms with Crippen molar-refractivity contribution in [3.63, 3.8) is 0 Å². The quantitative estimate of drug-likeness (QED) is 0.627. The molecule has 4 nitrogen and oxygen atoms in total. The molecule has 3 heterocycles. The van der Waals surface area contributed by atoms with E-state index in [1.165, 1.54) is 0 Å². The highest BCUT2D eigenvalue weighted by Crippen LogP contribution is 2.34. The molecular formula is C10H7N3O. The Kier molecular flexibility index (Phi) is 1.47. The Hall–Kier alpha value is -1.97. The van der Waals surface area contributed by atoms with Gasteiger partial charge in [-0.15, -0.1) is 0 Å². The van der Waals surface area contributed by atoms with Crippen LogP contribution in [0.25, 0.3) is 11.0 Å². The Labute approximate surface area is 80.3 Å². The first-order valence-electron chi connectivity index (χ1n) is 4.34. The third kappa shape index (κ3) is 0.970. The summed E-state index contributed by atoms with van der Waals surface area (Å²) in [5.74, 6) is 0.730. The average Bonchev–Trinajstić information content (AvgIpc) is 2.29. The molecular weight excluding hydrogens is 178 g/mol. The van der Waals surface area contributed by atoms with Gasteiger partial charge in [0.1, 0.15) is 12.3 Å². The Morgan fingerprint density at radius 3 is 3.29 bits per heavy atom. The lowest BCUT2D eigenvalue weighted by Gasteiger charge is -2.11. The predicted molar refractivity (Wildman–Crippen MR) is 53.2 cm³/mol. The number of hydrogen-bond donors (Lipinski definition) is 0. The van der Waals surface area contributed by atoms with E-state index in [1.54, 1.807) is 18.6 Å². The summed E-state index contributed by atoms with van der Waals surface area (Å²) in [6.07, 6.45) is 5.13. The monoisotopic (exact) mass is 185 g/mol. The molecule has 1 aliphatic heterocycles. The van der Waals surface area contributed by atoms with Crippen LogP contribution in [0.5, 0.6) is 5.75 Å². The third-order valence-electron chi connectivity index (χ3n) is 2.11. The minimum Gasteiger partial charge on any atom is -0.484 e. The van der Waals surface area contributed by atoms with Gasteiger partial charge in [-0.05, 0) is 12.1 Å². The average molecular weight is 185 g/mol. The molecule has 0 radical (unpaired) electrons. The number of ether oxygens (including phenoxy) is 1. The van der Waals surface area contributed by atoms with Crippen molar-refractivity contribution in [3.8, 4) is 5.75 Å². The first kappa shape index (κ1) is 7.44. The molecule has 1 aliphatic rings. The number of aromatic nitrogens is 2.